The largest absolute Gasteiger partial charge is 0.435 e. The first-order valence-corrected chi connectivity index (χ1v) is 6.19. The zero-order valence-electron chi connectivity index (χ0n) is 10.4. The van der Waals surface area contributed by atoms with Gasteiger partial charge in [-0.25, -0.2) is 0 Å². The lowest BCUT2D eigenvalue weighted by Crippen LogP contribution is -2.20. The Balaban J connectivity index is 2.06. The number of fused-ring (bicyclic) bond motifs is 1. The number of rotatable bonds is 2. The lowest BCUT2D eigenvalue weighted by Gasteiger charge is -2.12. The summed E-state index contributed by atoms with van der Waals surface area (Å²) in [6.45, 7) is 1.75. The van der Waals surface area contributed by atoms with Crippen molar-refractivity contribution < 1.29 is 17.9 Å². The number of ether oxygens (including phenoxy) is 1. The molecule has 0 radical (unpaired) electrons. The molecule has 0 aromatic carbocycles. The molecular formula is C12H12F3N3O2. The molecule has 0 amide bonds. The minimum Gasteiger partial charge on any atom is -0.381 e. The fourth-order valence-corrected chi connectivity index (χ4v) is 2.34. The van der Waals surface area contributed by atoms with Crippen molar-refractivity contribution >= 4 is 5.65 Å². The summed E-state index contributed by atoms with van der Waals surface area (Å²) >= 11 is 0. The van der Waals surface area contributed by atoms with Crippen molar-refractivity contribution in [1.82, 2.24) is 14.2 Å². The third-order valence-corrected chi connectivity index (χ3v) is 3.36. The summed E-state index contributed by atoms with van der Waals surface area (Å²) in [5.74, 6) is 0.241. The van der Waals surface area contributed by atoms with Crippen molar-refractivity contribution in [2.75, 3.05) is 13.2 Å². The summed E-state index contributed by atoms with van der Waals surface area (Å²) in [7, 11) is 0. The molecule has 8 heteroatoms. The molecule has 3 heterocycles. The maximum absolute atomic E-state index is 12.7. The van der Waals surface area contributed by atoms with E-state index >= 15 is 0 Å². The second kappa shape index (κ2) is 4.62. The van der Waals surface area contributed by atoms with Gasteiger partial charge in [-0.1, -0.05) is 0 Å². The van der Waals surface area contributed by atoms with E-state index in [1.165, 1.54) is 12.3 Å². The van der Waals surface area contributed by atoms with Crippen LogP contribution >= 0.6 is 0 Å². The number of hydrogen-bond donors (Lipinski definition) is 0. The highest BCUT2D eigenvalue weighted by Gasteiger charge is 2.34. The number of aromatic nitrogens is 3. The van der Waals surface area contributed by atoms with Crippen LogP contribution in [0.1, 0.15) is 12.1 Å². The predicted molar refractivity (Wildman–Crippen MR) is 63.4 cm³/mol. The van der Waals surface area contributed by atoms with Gasteiger partial charge in [0, 0.05) is 37.4 Å². The van der Waals surface area contributed by atoms with E-state index in [4.69, 9.17) is 4.74 Å². The van der Waals surface area contributed by atoms with Gasteiger partial charge in [-0.15, -0.1) is 0 Å². The first-order valence-electron chi connectivity index (χ1n) is 6.19. The van der Waals surface area contributed by atoms with Crippen molar-refractivity contribution in [3.8, 4) is 0 Å². The minimum absolute atomic E-state index is 0.150. The van der Waals surface area contributed by atoms with Crippen molar-refractivity contribution in [3.63, 3.8) is 0 Å². The minimum atomic E-state index is -4.56. The molecule has 1 aliphatic heterocycles. The molecule has 1 unspecified atom stereocenters. The standard InChI is InChI=1S/C12H12F3N3O2/c13-12(14,15)9-5-10-17(6-8-2-4-20-7-8)3-1-11(19)18(10)16-9/h1,3,5,8H,2,4,6-7H2. The highest BCUT2D eigenvalue weighted by atomic mass is 19.4. The molecule has 0 saturated carbocycles. The van der Waals surface area contributed by atoms with Gasteiger partial charge in [-0.2, -0.15) is 22.8 Å². The van der Waals surface area contributed by atoms with Crippen molar-refractivity contribution in [1.29, 1.82) is 0 Å². The fraction of sp³-hybridized carbons (Fsp3) is 0.500. The van der Waals surface area contributed by atoms with Crippen molar-refractivity contribution in [3.05, 3.63) is 34.4 Å². The second-order valence-electron chi connectivity index (χ2n) is 4.83. The number of alkyl halides is 3. The average Bonchev–Trinajstić information content (AvgIpc) is 3.01. The monoisotopic (exact) mass is 287 g/mol. The summed E-state index contributed by atoms with van der Waals surface area (Å²) in [5, 5.41) is 3.35. The molecule has 0 spiro atoms. The van der Waals surface area contributed by atoms with Crippen LogP contribution in [0, 0.1) is 5.92 Å². The molecule has 0 aliphatic carbocycles. The Morgan fingerprint density at radius 2 is 2.25 bits per heavy atom. The van der Waals surface area contributed by atoms with Crippen molar-refractivity contribution in [2.24, 2.45) is 5.92 Å². The smallest absolute Gasteiger partial charge is 0.381 e. The van der Waals surface area contributed by atoms with E-state index in [0.29, 0.717) is 19.8 Å². The molecule has 3 rings (SSSR count). The maximum atomic E-state index is 12.7. The van der Waals surface area contributed by atoms with Crippen LogP contribution in [0.2, 0.25) is 0 Å². The van der Waals surface area contributed by atoms with Crippen molar-refractivity contribution in [2.45, 2.75) is 19.1 Å². The lowest BCUT2D eigenvalue weighted by molar-refractivity contribution is -0.141. The van der Waals surface area contributed by atoms with Gasteiger partial charge in [-0.3, -0.25) is 4.79 Å². The van der Waals surface area contributed by atoms with E-state index in [2.05, 4.69) is 5.10 Å². The summed E-state index contributed by atoms with van der Waals surface area (Å²) in [4.78, 5) is 11.6. The van der Waals surface area contributed by atoms with Crippen LogP contribution in [0.3, 0.4) is 0 Å². The van der Waals surface area contributed by atoms with Crippen LogP contribution in [0.5, 0.6) is 0 Å². The van der Waals surface area contributed by atoms with E-state index in [1.807, 2.05) is 0 Å². The fourth-order valence-electron chi connectivity index (χ4n) is 2.34. The van der Waals surface area contributed by atoms with E-state index in [-0.39, 0.29) is 11.6 Å². The topological polar surface area (TPSA) is 48.5 Å². The Kier molecular flexibility index (Phi) is 3.04. The molecule has 0 N–H and O–H groups in total. The molecular weight excluding hydrogens is 275 g/mol. The summed E-state index contributed by atoms with van der Waals surface area (Å²) in [6.07, 6.45) is -2.21. The Morgan fingerprint density at radius 1 is 1.45 bits per heavy atom. The van der Waals surface area contributed by atoms with Gasteiger partial charge in [0.2, 0.25) is 0 Å². The first kappa shape index (κ1) is 13.2. The third-order valence-electron chi connectivity index (χ3n) is 3.36. The molecule has 2 aromatic rings. The predicted octanol–water partition coefficient (Wildman–Crippen LogP) is 1.55. The van der Waals surface area contributed by atoms with E-state index in [0.717, 1.165) is 17.0 Å². The Bertz CT molecular complexity index is 683. The molecule has 1 atom stereocenters. The Morgan fingerprint density at radius 3 is 2.90 bits per heavy atom. The molecule has 20 heavy (non-hydrogen) atoms. The summed E-state index contributed by atoms with van der Waals surface area (Å²) in [5.41, 5.74) is -1.48. The highest BCUT2D eigenvalue weighted by molar-refractivity contribution is 5.41. The van der Waals surface area contributed by atoms with Gasteiger partial charge in [0.05, 0.1) is 6.61 Å². The quantitative estimate of drug-likeness (QED) is 0.842. The molecule has 108 valence electrons. The lowest BCUT2D eigenvalue weighted by atomic mass is 10.1. The molecule has 2 aromatic heterocycles. The van der Waals surface area contributed by atoms with E-state index < -0.39 is 17.4 Å². The normalized spacial score (nSPS) is 19.9. The van der Waals surface area contributed by atoms with Gasteiger partial charge in [0.25, 0.3) is 5.56 Å². The Hall–Kier alpha value is -1.83. The highest BCUT2D eigenvalue weighted by Crippen LogP contribution is 2.28. The van der Waals surface area contributed by atoms with E-state index in [1.54, 1.807) is 4.57 Å². The van der Waals surface area contributed by atoms with Gasteiger partial charge < -0.3 is 9.30 Å². The van der Waals surface area contributed by atoms with Crippen LogP contribution in [-0.4, -0.2) is 27.4 Å². The Labute approximate surface area is 111 Å². The molecule has 1 saturated heterocycles. The maximum Gasteiger partial charge on any atom is 0.435 e. The SMILES string of the molecule is O=c1ccn(CC2CCOC2)c2cc(C(F)(F)F)nn12. The summed E-state index contributed by atoms with van der Waals surface area (Å²) < 4.78 is 45.7. The molecule has 1 fully saturated rings. The van der Waals surface area contributed by atoms with Gasteiger partial charge in [0.1, 0.15) is 5.65 Å². The number of halogens is 3. The second-order valence-corrected chi connectivity index (χ2v) is 4.83. The van der Waals surface area contributed by atoms with Crippen LogP contribution in [0.4, 0.5) is 13.2 Å². The van der Waals surface area contributed by atoms with Gasteiger partial charge in [0.15, 0.2) is 5.69 Å². The molecule has 0 bridgehead atoms. The zero-order chi connectivity index (χ0) is 14.3. The number of nitrogens with zero attached hydrogens (tertiary/aromatic N) is 3. The zero-order valence-corrected chi connectivity index (χ0v) is 10.4. The molecule has 5 nitrogen and oxygen atoms in total. The number of hydrogen-bond acceptors (Lipinski definition) is 3. The summed E-state index contributed by atoms with van der Waals surface area (Å²) in [6, 6.07) is 2.12. The average molecular weight is 287 g/mol. The first-order chi connectivity index (χ1) is 9.45. The van der Waals surface area contributed by atoms with Crippen LogP contribution < -0.4 is 5.56 Å². The third kappa shape index (κ3) is 2.31. The van der Waals surface area contributed by atoms with Crippen LogP contribution in [0.25, 0.3) is 5.65 Å². The van der Waals surface area contributed by atoms with E-state index in [9.17, 15) is 18.0 Å². The van der Waals surface area contributed by atoms with Crippen LogP contribution in [0.15, 0.2) is 23.1 Å². The van der Waals surface area contributed by atoms with Gasteiger partial charge >= 0.3 is 6.18 Å². The van der Waals surface area contributed by atoms with Crippen LogP contribution in [-0.2, 0) is 17.5 Å². The van der Waals surface area contributed by atoms with Gasteiger partial charge in [-0.05, 0) is 6.42 Å². The molecule has 1 aliphatic rings.